The van der Waals surface area contributed by atoms with E-state index < -0.39 is 0 Å². The lowest BCUT2D eigenvalue weighted by Gasteiger charge is -2.07. The van der Waals surface area contributed by atoms with Crippen LogP contribution in [0.15, 0.2) is 59.1 Å². The van der Waals surface area contributed by atoms with Gasteiger partial charge in [0.05, 0.1) is 6.54 Å². The molecule has 0 saturated carbocycles. The smallest absolute Gasteiger partial charge is 0.178 e. The summed E-state index contributed by atoms with van der Waals surface area (Å²) in [5.74, 6) is 2.00. The maximum atomic E-state index is 13.1. The van der Waals surface area contributed by atoms with E-state index in [1.54, 1.807) is 18.3 Å². The van der Waals surface area contributed by atoms with Crippen molar-refractivity contribution in [3.8, 4) is 11.6 Å². The molecule has 0 saturated heterocycles. The molecular formula is C18H14FN3O. The molecule has 0 bridgehead atoms. The Labute approximate surface area is 132 Å². The molecule has 0 fully saturated rings. The Morgan fingerprint density at radius 2 is 1.91 bits per heavy atom. The van der Waals surface area contributed by atoms with Gasteiger partial charge < -0.3 is 8.98 Å². The molecule has 23 heavy (non-hydrogen) atoms. The third-order valence-corrected chi connectivity index (χ3v) is 3.72. The van der Waals surface area contributed by atoms with Gasteiger partial charge in [-0.1, -0.05) is 12.1 Å². The number of rotatable bonds is 3. The average Bonchev–Trinajstić information content (AvgIpc) is 3.14. The van der Waals surface area contributed by atoms with Crippen molar-refractivity contribution in [2.45, 2.75) is 13.5 Å². The van der Waals surface area contributed by atoms with Crippen LogP contribution in [0.5, 0.6) is 0 Å². The highest BCUT2D eigenvalue weighted by atomic mass is 19.1. The molecule has 3 heterocycles. The zero-order chi connectivity index (χ0) is 15.8. The molecule has 0 amide bonds. The average molecular weight is 307 g/mol. The first-order valence-corrected chi connectivity index (χ1v) is 7.33. The van der Waals surface area contributed by atoms with Gasteiger partial charge in [-0.15, -0.1) is 0 Å². The number of furan rings is 1. The van der Waals surface area contributed by atoms with Crippen molar-refractivity contribution in [1.29, 1.82) is 0 Å². The first-order valence-electron chi connectivity index (χ1n) is 7.33. The molecule has 0 spiro atoms. The molecule has 5 heteroatoms. The van der Waals surface area contributed by atoms with Crippen LogP contribution in [0, 0.1) is 12.7 Å². The number of benzene rings is 1. The van der Waals surface area contributed by atoms with Crippen LogP contribution in [0.3, 0.4) is 0 Å². The van der Waals surface area contributed by atoms with Crippen LogP contribution in [0.1, 0.15) is 11.3 Å². The van der Waals surface area contributed by atoms with Crippen LogP contribution in [-0.2, 0) is 6.54 Å². The fraction of sp³-hybridized carbons (Fsp3) is 0.111. The number of aryl methyl sites for hydroxylation is 1. The van der Waals surface area contributed by atoms with E-state index in [-0.39, 0.29) is 5.82 Å². The molecule has 0 atom stereocenters. The highest BCUT2D eigenvalue weighted by Gasteiger charge is 2.16. The molecule has 0 aliphatic heterocycles. The van der Waals surface area contributed by atoms with E-state index in [0.717, 1.165) is 28.3 Å². The first kappa shape index (κ1) is 13.7. The lowest BCUT2D eigenvalue weighted by atomic mass is 10.2. The topological polar surface area (TPSA) is 43.9 Å². The van der Waals surface area contributed by atoms with Crippen molar-refractivity contribution < 1.29 is 8.81 Å². The maximum Gasteiger partial charge on any atom is 0.178 e. The number of imidazole rings is 1. The quantitative estimate of drug-likeness (QED) is 0.570. The lowest BCUT2D eigenvalue weighted by Crippen LogP contribution is -2.03. The van der Waals surface area contributed by atoms with Gasteiger partial charge in [-0.2, -0.15) is 0 Å². The summed E-state index contributed by atoms with van der Waals surface area (Å²) < 4.78 is 20.8. The molecule has 4 nitrogen and oxygen atoms in total. The van der Waals surface area contributed by atoms with Gasteiger partial charge in [0.2, 0.25) is 0 Å². The summed E-state index contributed by atoms with van der Waals surface area (Å²) in [5, 5.41) is 0. The molecule has 4 aromatic rings. The second-order valence-corrected chi connectivity index (χ2v) is 5.40. The van der Waals surface area contributed by atoms with E-state index in [4.69, 9.17) is 4.42 Å². The number of fused-ring (bicyclic) bond motifs is 1. The lowest BCUT2D eigenvalue weighted by molar-refractivity contribution is 0.540. The Kier molecular flexibility index (Phi) is 3.19. The van der Waals surface area contributed by atoms with Crippen LogP contribution < -0.4 is 0 Å². The van der Waals surface area contributed by atoms with Gasteiger partial charge in [0, 0.05) is 6.20 Å². The minimum atomic E-state index is -0.246. The van der Waals surface area contributed by atoms with Crippen LogP contribution in [-0.4, -0.2) is 14.5 Å². The van der Waals surface area contributed by atoms with Crippen LogP contribution in [0.25, 0.3) is 22.7 Å². The molecule has 0 radical (unpaired) electrons. The second kappa shape index (κ2) is 5.35. The summed E-state index contributed by atoms with van der Waals surface area (Å²) >= 11 is 0. The van der Waals surface area contributed by atoms with E-state index in [0.29, 0.717) is 12.3 Å². The minimum absolute atomic E-state index is 0.246. The number of hydrogen-bond acceptors (Lipinski definition) is 3. The maximum absolute atomic E-state index is 13.1. The molecule has 0 N–H and O–H groups in total. The fourth-order valence-corrected chi connectivity index (χ4v) is 2.62. The largest absolute Gasteiger partial charge is 0.458 e. The predicted molar refractivity (Wildman–Crippen MR) is 85.5 cm³/mol. The fourth-order valence-electron chi connectivity index (χ4n) is 2.62. The molecule has 4 rings (SSSR count). The molecule has 3 aromatic heterocycles. The normalized spacial score (nSPS) is 11.2. The highest BCUT2D eigenvalue weighted by molar-refractivity contribution is 5.76. The zero-order valence-electron chi connectivity index (χ0n) is 12.5. The number of hydrogen-bond donors (Lipinski definition) is 0. The number of halogens is 1. The first-order chi connectivity index (χ1) is 11.2. The van der Waals surface area contributed by atoms with E-state index in [1.165, 1.54) is 12.1 Å². The van der Waals surface area contributed by atoms with E-state index in [9.17, 15) is 4.39 Å². The number of pyridine rings is 1. The summed E-state index contributed by atoms with van der Waals surface area (Å²) in [4.78, 5) is 9.08. The summed E-state index contributed by atoms with van der Waals surface area (Å²) in [7, 11) is 0. The highest BCUT2D eigenvalue weighted by Crippen LogP contribution is 2.26. The van der Waals surface area contributed by atoms with Crippen molar-refractivity contribution in [2.24, 2.45) is 0 Å². The van der Waals surface area contributed by atoms with E-state index in [1.807, 2.05) is 35.8 Å². The van der Waals surface area contributed by atoms with E-state index in [2.05, 4.69) is 9.97 Å². The van der Waals surface area contributed by atoms with Crippen molar-refractivity contribution in [1.82, 2.24) is 14.5 Å². The standard InChI is InChI=1S/C18H14FN3O/c1-12-4-9-16(23-12)18-21-15-3-2-10-20-17(15)22(18)11-13-5-7-14(19)8-6-13/h2-10H,11H2,1H3. The molecular weight excluding hydrogens is 293 g/mol. The summed E-state index contributed by atoms with van der Waals surface area (Å²) in [6.45, 7) is 2.44. The van der Waals surface area contributed by atoms with Crippen LogP contribution in [0.2, 0.25) is 0 Å². The Hall–Kier alpha value is -2.95. The van der Waals surface area contributed by atoms with Crippen LogP contribution in [0.4, 0.5) is 4.39 Å². The summed E-state index contributed by atoms with van der Waals surface area (Å²) in [6, 6.07) is 14.0. The van der Waals surface area contributed by atoms with Crippen molar-refractivity contribution in [3.63, 3.8) is 0 Å². The van der Waals surface area contributed by atoms with Crippen molar-refractivity contribution in [3.05, 3.63) is 71.9 Å². The van der Waals surface area contributed by atoms with Gasteiger partial charge in [0.15, 0.2) is 17.2 Å². The molecule has 114 valence electrons. The molecule has 0 unspecified atom stereocenters. The third-order valence-electron chi connectivity index (χ3n) is 3.72. The van der Waals surface area contributed by atoms with Gasteiger partial charge in [-0.3, -0.25) is 0 Å². The summed E-state index contributed by atoms with van der Waals surface area (Å²) in [5.41, 5.74) is 2.56. The predicted octanol–water partition coefficient (Wildman–Crippen LogP) is 4.19. The van der Waals surface area contributed by atoms with E-state index >= 15 is 0 Å². The molecule has 1 aromatic carbocycles. The van der Waals surface area contributed by atoms with Gasteiger partial charge in [0.1, 0.15) is 17.1 Å². The van der Waals surface area contributed by atoms with Gasteiger partial charge in [0.25, 0.3) is 0 Å². The van der Waals surface area contributed by atoms with Gasteiger partial charge >= 0.3 is 0 Å². The molecule has 0 aliphatic rings. The summed E-state index contributed by atoms with van der Waals surface area (Å²) in [6.07, 6.45) is 1.74. The zero-order valence-corrected chi connectivity index (χ0v) is 12.5. The van der Waals surface area contributed by atoms with Crippen LogP contribution >= 0.6 is 0 Å². The van der Waals surface area contributed by atoms with Crippen molar-refractivity contribution in [2.75, 3.05) is 0 Å². The van der Waals surface area contributed by atoms with Gasteiger partial charge in [-0.25, -0.2) is 14.4 Å². The Bertz CT molecular complexity index is 970. The van der Waals surface area contributed by atoms with Gasteiger partial charge in [-0.05, 0) is 48.9 Å². The number of nitrogens with zero attached hydrogens (tertiary/aromatic N) is 3. The minimum Gasteiger partial charge on any atom is -0.458 e. The second-order valence-electron chi connectivity index (χ2n) is 5.40. The molecule has 0 aliphatic carbocycles. The SMILES string of the molecule is Cc1ccc(-c2nc3cccnc3n2Cc2ccc(F)cc2)o1. The third kappa shape index (κ3) is 2.50. The Morgan fingerprint density at radius 1 is 1.09 bits per heavy atom. The monoisotopic (exact) mass is 307 g/mol. The van der Waals surface area contributed by atoms with Crippen molar-refractivity contribution >= 4 is 11.2 Å². The Morgan fingerprint density at radius 3 is 2.65 bits per heavy atom. The number of aromatic nitrogens is 3. The Balaban J connectivity index is 1.87.